The van der Waals surface area contributed by atoms with Gasteiger partial charge in [0.05, 0.1) is 0 Å². The fourth-order valence-electron chi connectivity index (χ4n) is 6.32. The Hall–Kier alpha value is -4.85. The molecule has 0 N–H and O–H groups in total. The summed E-state index contributed by atoms with van der Waals surface area (Å²) in [6.45, 7) is 0. The molecule has 1 unspecified atom stereocenters. The van der Waals surface area contributed by atoms with Crippen LogP contribution in [0, 0.1) is 0 Å². The van der Waals surface area contributed by atoms with E-state index in [1.807, 2.05) is 0 Å². The molecule has 0 aliphatic rings. The predicted molar refractivity (Wildman–Crippen MR) is 186 cm³/mol. The third kappa shape index (κ3) is 9.02. The molecule has 3 rings (SSSR count). The molecule has 0 radical (unpaired) electrons. The van der Waals surface area contributed by atoms with Crippen molar-refractivity contribution in [2.24, 2.45) is 0 Å². The zero-order valence-corrected chi connectivity index (χ0v) is 37.5. The summed E-state index contributed by atoms with van der Waals surface area (Å²) in [5.74, 6) is -161. The second kappa shape index (κ2) is 19.1. The summed E-state index contributed by atoms with van der Waals surface area (Å²) in [6, 6.07) is -0.959. The van der Waals surface area contributed by atoms with Crippen LogP contribution < -0.4 is 5.30 Å². The maximum absolute atomic E-state index is 15.1. The molecule has 43 heteroatoms. The molecule has 0 saturated heterocycles. The minimum Gasteiger partial charge on any atom is -0.194 e. The number of halogens is 42. The van der Waals surface area contributed by atoms with Crippen molar-refractivity contribution in [2.75, 3.05) is 0 Å². The Morgan fingerprint density at radius 2 is 0.407 bits per heavy atom. The van der Waals surface area contributed by atoms with Gasteiger partial charge in [0, 0.05) is 11.1 Å². The Labute approximate surface area is 418 Å². The summed E-state index contributed by atoms with van der Waals surface area (Å²) >= 11 is 0. The molecule has 1 atom stereocenters. The highest BCUT2D eigenvalue weighted by Crippen LogP contribution is 2.69. The van der Waals surface area contributed by atoms with Gasteiger partial charge in [-0.25, -0.2) is 0 Å². The van der Waals surface area contributed by atoms with E-state index >= 15 is 17.6 Å². The zero-order valence-electron chi connectivity index (χ0n) is 36.3. The Morgan fingerprint density at radius 1 is 0.210 bits per heavy atom. The normalized spacial score (nSPS) is 16.1. The average molecular weight is 1300 g/mol. The minimum absolute atomic E-state index is 0.113. The summed E-state index contributed by atoms with van der Waals surface area (Å²) in [5.41, 5.74) is -9.36. The topological polar surface area (TPSA) is 0 Å². The Kier molecular flexibility index (Phi) is 16.6. The molecule has 0 nitrogen and oxygen atoms in total. The highest BCUT2D eigenvalue weighted by atomic mass is 31.0. The molecule has 0 aliphatic heterocycles. The predicted octanol–water partition coefficient (Wildman–Crippen LogP) is 18.0. The number of alkyl halides is 42. The van der Waals surface area contributed by atoms with E-state index in [0.717, 1.165) is 12.1 Å². The molecular formula is C38H13F42P. The van der Waals surface area contributed by atoms with Gasteiger partial charge in [0.25, 0.3) is 0 Å². The van der Waals surface area contributed by atoms with Gasteiger partial charge in [-0.15, -0.1) is 9.24 Å². The Balaban J connectivity index is 2.13. The van der Waals surface area contributed by atoms with Crippen molar-refractivity contribution in [3.05, 3.63) is 77.9 Å². The van der Waals surface area contributed by atoms with Gasteiger partial charge in [0.1, 0.15) is 0 Å². The lowest BCUT2D eigenvalue weighted by molar-refractivity contribution is -0.474. The lowest BCUT2D eigenvalue weighted by Gasteiger charge is -2.44. The number of hydrogen-bond acceptors (Lipinski definition) is 0. The summed E-state index contributed by atoms with van der Waals surface area (Å²) in [7, 11) is 1.64. The van der Waals surface area contributed by atoms with Crippen molar-refractivity contribution in [2.45, 2.75) is 119 Å². The van der Waals surface area contributed by atoms with Crippen LogP contribution in [0.4, 0.5) is 184 Å². The van der Waals surface area contributed by atoms with E-state index in [1.165, 1.54) is 0 Å². The molecular weight excluding hydrogens is 1290 g/mol. The van der Waals surface area contributed by atoms with Crippen molar-refractivity contribution >= 4 is 14.5 Å². The van der Waals surface area contributed by atoms with Crippen molar-refractivity contribution in [1.29, 1.82) is 0 Å². The van der Waals surface area contributed by atoms with Crippen LogP contribution in [0.15, 0.2) is 66.7 Å². The first-order valence-electron chi connectivity index (χ1n) is 19.1. The second-order valence-electron chi connectivity index (χ2n) is 16.3. The SMILES string of the molecule is FC(F)(F)C(F)(F)C(F)(F)C(F)(F)C(F)(F)C(F)(F)C(F)(F)C(F)(F)C(F)(F)C(F)(F)c1ccc(-c2cccc(P)c2-c2ccc(C(F)(F)C(F)(F)C(F)(F)C(F)(F)C(F)(F)C(F)(F)C(F)(F)C(F)(F)C(F)(F)C(F)(F)F)cc2)cc1. The van der Waals surface area contributed by atoms with Crippen molar-refractivity contribution in [3.8, 4) is 22.3 Å². The highest BCUT2D eigenvalue weighted by Gasteiger charge is 3.00. The summed E-state index contributed by atoms with van der Waals surface area (Å²) in [5, 5.41) is -0.493. The Morgan fingerprint density at radius 3 is 0.630 bits per heavy atom. The van der Waals surface area contributed by atoms with Crippen molar-refractivity contribution in [1.82, 2.24) is 0 Å². The van der Waals surface area contributed by atoms with Gasteiger partial charge in [0.2, 0.25) is 0 Å². The van der Waals surface area contributed by atoms with Crippen LogP contribution in [-0.2, 0) is 11.8 Å². The van der Waals surface area contributed by atoms with Crippen molar-refractivity contribution < 1.29 is 184 Å². The molecule has 3 aromatic rings. The molecule has 0 aliphatic carbocycles. The van der Waals surface area contributed by atoms with Gasteiger partial charge >= 0.3 is 119 Å². The molecule has 0 aromatic heterocycles. The highest BCUT2D eigenvalue weighted by molar-refractivity contribution is 7.28. The van der Waals surface area contributed by atoms with Crippen molar-refractivity contribution in [3.63, 3.8) is 0 Å². The van der Waals surface area contributed by atoms with E-state index in [4.69, 9.17) is 0 Å². The molecule has 464 valence electrons. The van der Waals surface area contributed by atoms with Gasteiger partial charge in [0.15, 0.2) is 0 Å². The third-order valence-electron chi connectivity index (χ3n) is 11.2. The minimum atomic E-state index is -9.50. The van der Waals surface area contributed by atoms with Crippen LogP contribution >= 0.6 is 9.24 Å². The monoisotopic (exact) mass is 1300 g/mol. The largest absolute Gasteiger partial charge is 0.460 e. The van der Waals surface area contributed by atoms with Crippen LogP contribution in [0.2, 0.25) is 0 Å². The first-order chi connectivity index (χ1) is 35.1. The van der Waals surface area contributed by atoms with Gasteiger partial charge in [-0.1, -0.05) is 66.7 Å². The third-order valence-corrected chi connectivity index (χ3v) is 11.7. The fraction of sp³-hybridized carbons (Fsp3) is 0.526. The van der Waals surface area contributed by atoms with Gasteiger partial charge in [-0.2, -0.15) is 184 Å². The number of hydrogen-bond donors (Lipinski definition) is 0. The number of rotatable bonds is 20. The fourth-order valence-corrected chi connectivity index (χ4v) is 6.75. The van der Waals surface area contributed by atoms with E-state index in [9.17, 15) is 167 Å². The molecule has 0 saturated carbocycles. The van der Waals surface area contributed by atoms with E-state index in [0.29, 0.717) is 6.07 Å². The quantitative estimate of drug-likeness (QED) is 0.0781. The molecule has 0 bridgehead atoms. The standard InChI is InChI=1S/C38H13F42P/c39-19(40,21(43,44)23(47,48)25(51,52)27(55,56)29(59,60)31(63,64)33(67,68)35(71,72)37(75,76)77)14-8-4-12(5-9-14)16-2-1-3-17(81)18(16)13-6-10-15(11-7-13)20(41,42)22(45,46)24(49,50)26(53,54)28(57,58)30(61,62)32(65,66)34(69,70)36(73,74)38(78,79)80/h1-11H,81H2. The summed E-state index contributed by atoms with van der Waals surface area (Å²) < 4.78 is 584. The lowest BCUT2D eigenvalue weighted by Crippen LogP contribution is -2.76. The molecule has 0 heterocycles. The van der Waals surface area contributed by atoms with Crippen LogP contribution in [-0.4, -0.2) is 107 Å². The average Bonchev–Trinajstić information content (AvgIpc) is 3.29. The second-order valence-corrected chi connectivity index (χ2v) is 16.9. The van der Waals surface area contributed by atoms with Crippen LogP contribution in [0.3, 0.4) is 0 Å². The van der Waals surface area contributed by atoms with Crippen LogP contribution in [0.5, 0.6) is 0 Å². The number of benzene rings is 3. The van der Waals surface area contributed by atoms with Gasteiger partial charge in [-0.05, 0) is 27.6 Å². The summed E-state index contributed by atoms with van der Waals surface area (Å²) in [6.07, 6.45) is -16.5. The van der Waals surface area contributed by atoms with Gasteiger partial charge in [-0.3, -0.25) is 0 Å². The lowest BCUT2D eigenvalue weighted by atomic mass is 9.84. The molecule has 3 aromatic carbocycles. The van der Waals surface area contributed by atoms with E-state index in [1.54, 1.807) is 9.24 Å². The van der Waals surface area contributed by atoms with Crippen LogP contribution in [0.1, 0.15) is 11.1 Å². The first-order valence-corrected chi connectivity index (χ1v) is 19.7. The Bertz CT molecular complexity index is 2760. The smallest absolute Gasteiger partial charge is 0.194 e. The zero-order chi connectivity index (χ0) is 64.8. The maximum Gasteiger partial charge on any atom is 0.460 e. The molecule has 0 spiro atoms. The van der Waals surface area contributed by atoms with Crippen LogP contribution in [0.25, 0.3) is 22.3 Å². The van der Waals surface area contributed by atoms with E-state index in [-0.39, 0.29) is 24.3 Å². The maximum atomic E-state index is 15.1. The first kappa shape index (κ1) is 70.4. The molecule has 0 fully saturated rings. The van der Waals surface area contributed by atoms with Gasteiger partial charge < -0.3 is 0 Å². The van der Waals surface area contributed by atoms with E-state index in [2.05, 4.69) is 0 Å². The van der Waals surface area contributed by atoms with E-state index < -0.39 is 182 Å². The molecule has 0 amide bonds. The molecule has 81 heavy (non-hydrogen) atoms. The summed E-state index contributed by atoms with van der Waals surface area (Å²) in [4.78, 5) is 0.